The summed E-state index contributed by atoms with van der Waals surface area (Å²) in [7, 11) is 0. The van der Waals surface area contributed by atoms with Gasteiger partial charge in [-0.25, -0.2) is 0 Å². The standard InChI is InChI=1S/C15H20INO/c1-11-3-2-8-15(17,10-11)14(18)9-12-4-6-13(16)7-5-12/h4-7,11H,2-3,8-10,17H2,1H3. The minimum Gasteiger partial charge on any atom is -0.319 e. The van der Waals surface area contributed by atoms with Gasteiger partial charge in [0, 0.05) is 9.99 Å². The third-order valence-electron chi connectivity index (χ3n) is 3.87. The highest BCUT2D eigenvalue weighted by Crippen LogP contribution is 2.31. The highest BCUT2D eigenvalue weighted by molar-refractivity contribution is 14.1. The Kier molecular flexibility index (Phi) is 4.43. The van der Waals surface area contributed by atoms with Crippen LogP contribution in [0.25, 0.3) is 0 Å². The lowest BCUT2D eigenvalue weighted by molar-refractivity contribution is -0.125. The molecule has 18 heavy (non-hydrogen) atoms. The number of hydrogen-bond acceptors (Lipinski definition) is 2. The predicted octanol–water partition coefficient (Wildman–Crippen LogP) is 3.31. The van der Waals surface area contributed by atoms with Crippen LogP contribution in [-0.4, -0.2) is 11.3 Å². The van der Waals surface area contributed by atoms with Gasteiger partial charge in [-0.3, -0.25) is 4.79 Å². The van der Waals surface area contributed by atoms with Crippen molar-refractivity contribution in [3.8, 4) is 0 Å². The van der Waals surface area contributed by atoms with Gasteiger partial charge in [0.1, 0.15) is 0 Å². The van der Waals surface area contributed by atoms with Gasteiger partial charge in [0.05, 0.1) is 5.54 Å². The molecular weight excluding hydrogens is 337 g/mol. The van der Waals surface area contributed by atoms with E-state index in [0.717, 1.165) is 24.8 Å². The molecule has 3 heteroatoms. The number of halogens is 1. The van der Waals surface area contributed by atoms with Crippen LogP contribution < -0.4 is 5.73 Å². The van der Waals surface area contributed by atoms with Crippen LogP contribution in [0.1, 0.15) is 38.2 Å². The molecule has 2 N–H and O–H groups in total. The lowest BCUT2D eigenvalue weighted by Crippen LogP contribution is -2.51. The Morgan fingerprint density at radius 1 is 1.44 bits per heavy atom. The first-order valence-corrected chi connectivity index (χ1v) is 7.64. The number of rotatable bonds is 3. The Balaban J connectivity index is 2.04. The van der Waals surface area contributed by atoms with Gasteiger partial charge in [0.2, 0.25) is 0 Å². The fraction of sp³-hybridized carbons (Fsp3) is 0.533. The highest BCUT2D eigenvalue weighted by atomic mass is 127. The first kappa shape index (κ1) is 14.0. The van der Waals surface area contributed by atoms with Crippen molar-refractivity contribution in [2.75, 3.05) is 0 Å². The van der Waals surface area contributed by atoms with E-state index in [2.05, 4.69) is 29.5 Å². The fourth-order valence-electron chi connectivity index (χ4n) is 2.81. The average Bonchev–Trinajstić information content (AvgIpc) is 2.32. The molecule has 2 unspecified atom stereocenters. The normalized spacial score (nSPS) is 28.1. The van der Waals surface area contributed by atoms with E-state index in [0.29, 0.717) is 12.3 Å². The van der Waals surface area contributed by atoms with Crippen molar-refractivity contribution in [2.45, 2.75) is 44.6 Å². The largest absolute Gasteiger partial charge is 0.319 e. The molecule has 2 nitrogen and oxygen atoms in total. The predicted molar refractivity (Wildman–Crippen MR) is 82.4 cm³/mol. The molecular formula is C15H20INO. The lowest BCUT2D eigenvalue weighted by Gasteiger charge is -2.35. The van der Waals surface area contributed by atoms with Crippen molar-refractivity contribution in [2.24, 2.45) is 11.7 Å². The zero-order valence-corrected chi connectivity index (χ0v) is 12.9. The van der Waals surface area contributed by atoms with Crippen LogP contribution in [0.3, 0.4) is 0 Å². The van der Waals surface area contributed by atoms with Gasteiger partial charge in [-0.1, -0.05) is 31.9 Å². The van der Waals surface area contributed by atoms with Crippen molar-refractivity contribution in [1.29, 1.82) is 0 Å². The molecule has 0 saturated heterocycles. The van der Waals surface area contributed by atoms with Gasteiger partial charge < -0.3 is 5.73 Å². The van der Waals surface area contributed by atoms with Crippen molar-refractivity contribution in [3.05, 3.63) is 33.4 Å². The minimum absolute atomic E-state index is 0.204. The van der Waals surface area contributed by atoms with Crippen LogP contribution in [0.2, 0.25) is 0 Å². The maximum Gasteiger partial charge on any atom is 0.157 e. The number of ketones is 1. The second kappa shape index (κ2) is 5.70. The summed E-state index contributed by atoms with van der Waals surface area (Å²) < 4.78 is 1.19. The number of carbonyl (C=O) groups excluding carboxylic acids is 1. The first-order valence-electron chi connectivity index (χ1n) is 6.56. The van der Waals surface area contributed by atoms with Gasteiger partial charge >= 0.3 is 0 Å². The zero-order valence-electron chi connectivity index (χ0n) is 10.8. The van der Waals surface area contributed by atoms with Crippen molar-refractivity contribution < 1.29 is 4.79 Å². The molecule has 1 saturated carbocycles. The summed E-state index contributed by atoms with van der Waals surface area (Å²) in [6.45, 7) is 2.19. The van der Waals surface area contributed by atoms with Gasteiger partial charge in [-0.05, 0) is 59.0 Å². The summed E-state index contributed by atoms with van der Waals surface area (Å²) in [5, 5.41) is 0. The maximum atomic E-state index is 12.4. The Bertz CT molecular complexity index is 429. The zero-order chi connectivity index (χ0) is 13.2. The third-order valence-corrected chi connectivity index (χ3v) is 4.58. The van der Waals surface area contributed by atoms with Crippen molar-refractivity contribution >= 4 is 28.4 Å². The summed E-state index contributed by atoms with van der Waals surface area (Å²) in [6.07, 6.45) is 4.45. The van der Waals surface area contributed by atoms with E-state index in [-0.39, 0.29) is 5.78 Å². The van der Waals surface area contributed by atoms with E-state index < -0.39 is 5.54 Å². The number of nitrogens with two attached hydrogens (primary N) is 1. The fourth-order valence-corrected chi connectivity index (χ4v) is 3.17. The lowest BCUT2D eigenvalue weighted by atomic mass is 9.73. The van der Waals surface area contributed by atoms with E-state index in [9.17, 15) is 4.79 Å². The van der Waals surface area contributed by atoms with E-state index in [4.69, 9.17) is 5.73 Å². The average molecular weight is 357 g/mol. The van der Waals surface area contributed by atoms with Crippen LogP contribution in [0.15, 0.2) is 24.3 Å². The summed E-state index contributed by atoms with van der Waals surface area (Å²) in [6, 6.07) is 8.12. The second-order valence-electron chi connectivity index (χ2n) is 5.58. The quantitative estimate of drug-likeness (QED) is 0.844. The Hall–Kier alpha value is -0.420. The van der Waals surface area contributed by atoms with Crippen molar-refractivity contribution in [1.82, 2.24) is 0 Å². The Morgan fingerprint density at radius 2 is 2.11 bits per heavy atom. The number of benzene rings is 1. The van der Waals surface area contributed by atoms with Gasteiger partial charge in [0.25, 0.3) is 0 Å². The maximum absolute atomic E-state index is 12.4. The molecule has 0 spiro atoms. The van der Waals surface area contributed by atoms with E-state index in [1.54, 1.807) is 0 Å². The molecule has 2 rings (SSSR count). The third kappa shape index (κ3) is 3.32. The molecule has 2 atom stereocenters. The minimum atomic E-state index is -0.583. The molecule has 1 aliphatic carbocycles. The summed E-state index contributed by atoms with van der Waals surface area (Å²) in [4.78, 5) is 12.4. The second-order valence-corrected chi connectivity index (χ2v) is 6.83. The monoisotopic (exact) mass is 357 g/mol. The van der Waals surface area contributed by atoms with E-state index >= 15 is 0 Å². The van der Waals surface area contributed by atoms with Crippen molar-refractivity contribution in [3.63, 3.8) is 0 Å². The van der Waals surface area contributed by atoms with Crippen LogP contribution >= 0.6 is 22.6 Å². The number of carbonyl (C=O) groups is 1. The Labute approximate surface area is 122 Å². The first-order chi connectivity index (χ1) is 8.49. The van der Waals surface area contributed by atoms with Gasteiger partial charge in [-0.2, -0.15) is 0 Å². The van der Waals surface area contributed by atoms with Gasteiger partial charge in [-0.15, -0.1) is 0 Å². The molecule has 0 radical (unpaired) electrons. The number of Topliss-reactive ketones (excluding diaryl/α,β-unsaturated/α-hetero) is 1. The SMILES string of the molecule is CC1CCCC(N)(C(=O)Cc2ccc(I)cc2)C1. The smallest absolute Gasteiger partial charge is 0.157 e. The molecule has 1 aromatic carbocycles. The van der Waals surface area contributed by atoms with Crippen LogP contribution in [-0.2, 0) is 11.2 Å². The molecule has 0 bridgehead atoms. The summed E-state index contributed by atoms with van der Waals surface area (Å²) in [5.74, 6) is 0.777. The topological polar surface area (TPSA) is 43.1 Å². The van der Waals surface area contributed by atoms with Crippen LogP contribution in [0, 0.1) is 9.49 Å². The number of hydrogen-bond donors (Lipinski definition) is 1. The highest BCUT2D eigenvalue weighted by Gasteiger charge is 2.37. The molecule has 1 aromatic rings. The summed E-state index contributed by atoms with van der Waals surface area (Å²) in [5.41, 5.74) is 6.81. The molecule has 1 aliphatic rings. The van der Waals surface area contributed by atoms with Crippen LogP contribution in [0.5, 0.6) is 0 Å². The van der Waals surface area contributed by atoms with E-state index in [1.807, 2.05) is 24.3 Å². The van der Waals surface area contributed by atoms with E-state index in [1.165, 1.54) is 9.99 Å². The molecule has 0 aliphatic heterocycles. The molecule has 0 amide bonds. The summed E-state index contributed by atoms with van der Waals surface area (Å²) >= 11 is 2.27. The van der Waals surface area contributed by atoms with Gasteiger partial charge in [0.15, 0.2) is 5.78 Å². The molecule has 0 heterocycles. The molecule has 1 fully saturated rings. The van der Waals surface area contributed by atoms with Crippen LogP contribution in [0.4, 0.5) is 0 Å². The molecule has 0 aromatic heterocycles. The Morgan fingerprint density at radius 3 is 2.72 bits per heavy atom. The molecule has 98 valence electrons.